The van der Waals surface area contributed by atoms with E-state index in [2.05, 4.69) is 50.0 Å². The Morgan fingerprint density at radius 3 is 2.34 bits per heavy atom. The third-order valence-corrected chi connectivity index (χ3v) is 11.6. The van der Waals surface area contributed by atoms with E-state index in [9.17, 15) is 9.59 Å². The number of halogens is 2. The zero-order valence-corrected chi connectivity index (χ0v) is 29.7. The van der Waals surface area contributed by atoms with Crippen LogP contribution in [0, 0.1) is 0 Å². The number of benzene rings is 3. The quantitative estimate of drug-likeness (QED) is 0.228. The average Bonchev–Trinajstić information content (AvgIpc) is 3.96. The van der Waals surface area contributed by atoms with Crippen LogP contribution in [0.4, 0.5) is 4.79 Å². The van der Waals surface area contributed by atoms with Gasteiger partial charge in [-0.25, -0.2) is 9.48 Å². The number of aromatic nitrogens is 4. The Bertz CT molecular complexity index is 1810. The van der Waals surface area contributed by atoms with Crippen molar-refractivity contribution in [1.82, 2.24) is 40.2 Å². The SMILES string of the molecule is COc1ccc(-n2cnnn2)cc1C(=O)N1CCC(CCN2CCC(NC(=O)N3CCCC3)(c3ccccc3)CC2)(c2ccc(Cl)c(Cl)c2)C1. The van der Waals surface area contributed by atoms with Crippen LogP contribution in [0.2, 0.25) is 10.0 Å². The molecule has 13 heteroatoms. The number of piperidine rings is 1. The molecule has 50 heavy (non-hydrogen) atoms. The fourth-order valence-corrected chi connectivity index (χ4v) is 8.19. The summed E-state index contributed by atoms with van der Waals surface area (Å²) in [6.45, 7) is 5.26. The molecule has 4 heterocycles. The van der Waals surface area contributed by atoms with Crippen molar-refractivity contribution >= 4 is 35.1 Å². The maximum Gasteiger partial charge on any atom is 0.318 e. The van der Waals surface area contributed by atoms with Gasteiger partial charge in [-0.15, -0.1) is 5.10 Å². The van der Waals surface area contributed by atoms with Gasteiger partial charge in [0.25, 0.3) is 5.91 Å². The van der Waals surface area contributed by atoms with Crippen molar-refractivity contribution < 1.29 is 14.3 Å². The van der Waals surface area contributed by atoms with E-state index in [1.54, 1.807) is 19.2 Å². The maximum atomic E-state index is 14.2. The van der Waals surface area contributed by atoms with Crippen LogP contribution >= 0.6 is 23.2 Å². The van der Waals surface area contributed by atoms with Crippen LogP contribution in [0.5, 0.6) is 5.75 Å². The highest BCUT2D eigenvalue weighted by molar-refractivity contribution is 6.42. The van der Waals surface area contributed by atoms with Crippen LogP contribution in [-0.2, 0) is 11.0 Å². The number of hydrogen-bond acceptors (Lipinski definition) is 7. The summed E-state index contributed by atoms with van der Waals surface area (Å²) in [4.78, 5) is 33.9. The van der Waals surface area contributed by atoms with Crippen molar-refractivity contribution in [2.24, 2.45) is 0 Å². The highest BCUT2D eigenvalue weighted by Gasteiger charge is 2.44. The number of ether oxygens (including phenoxy) is 1. The number of methoxy groups -OCH3 is 1. The molecular formula is C37H42Cl2N8O3. The van der Waals surface area contributed by atoms with Gasteiger partial charge in [0.2, 0.25) is 0 Å². The lowest BCUT2D eigenvalue weighted by atomic mass is 9.76. The summed E-state index contributed by atoms with van der Waals surface area (Å²) >= 11 is 13.0. The van der Waals surface area contributed by atoms with Crippen LogP contribution in [0.3, 0.4) is 0 Å². The van der Waals surface area contributed by atoms with Gasteiger partial charge in [-0.1, -0.05) is 59.6 Å². The number of tetrazole rings is 1. The normalized spacial score (nSPS) is 20.6. The van der Waals surface area contributed by atoms with Crippen LogP contribution in [0.15, 0.2) is 73.1 Å². The zero-order chi connectivity index (χ0) is 34.7. The Morgan fingerprint density at radius 1 is 0.860 bits per heavy atom. The molecule has 11 nitrogen and oxygen atoms in total. The summed E-state index contributed by atoms with van der Waals surface area (Å²) in [6, 6.07) is 21.6. The van der Waals surface area contributed by atoms with E-state index in [0.717, 1.165) is 82.4 Å². The first-order chi connectivity index (χ1) is 24.3. The summed E-state index contributed by atoms with van der Waals surface area (Å²) in [7, 11) is 1.57. The number of rotatable bonds is 9. The molecular weight excluding hydrogens is 675 g/mol. The summed E-state index contributed by atoms with van der Waals surface area (Å²) in [5.74, 6) is 0.379. The predicted octanol–water partition coefficient (Wildman–Crippen LogP) is 5.95. The topological polar surface area (TPSA) is 109 Å². The van der Waals surface area contributed by atoms with Gasteiger partial charge in [-0.05, 0) is 97.0 Å². The lowest BCUT2D eigenvalue weighted by Crippen LogP contribution is -2.56. The van der Waals surface area contributed by atoms with E-state index in [1.807, 2.05) is 40.1 Å². The molecule has 1 unspecified atom stereocenters. The smallest absolute Gasteiger partial charge is 0.318 e. The highest BCUT2D eigenvalue weighted by Crippen LogP contribution is 2.42. The first kappa shape index (κ1) is 34.3. The van der Waals surface area contributed by atoms with Gasteiger partial charge in [-0.3, -0.25) is 4.79 Å². The molecule has 1 N–H and O–H groups in total. The van der Waals surface area contributed by atoms with Crippen molar-refractivity contribution in [3.05, 3.63) is 99.8 Å². The van der Waals surface area contributed by atoms with Gasteiger partial charge in [-0.2, -0.15) is 0 Å². The minimum atomic E-state index is -0.411. The summed E-state index contributed by atoms with van der Waals surface area (Å²) in [5.41, 5.74) is 2.61. The molecule has 0 spiro atoms. The molecule has 3 amide bonds. The second-order valence-electron chi connectivity index (χ2n) is 13.7. The summed E-state index contributed by atoms with van der Waals surface area (Å²) in [6.07, 6.45) is 6.85. The molecule has 0 aliphatic carbocycles. The number of nitrogens with one attached hydrogen (secondary N) is 1. The van der Waals surface area contributed by atoms with Crippen LogP contribution in [0.25, 0.3) is 5.69 Å². The second-order valence-corrected chi connectivity index (χ2v) is 14.5. The Hall–Kier alpha value is -4.19. The van der Waals surface area contributed by atoms with E-state index >= 15 is 0 Å². The highest BCUT2D eigenvalue weighted by atomic mass is 35.5. The summed E-state index contributed by atoms with van der Waals surface area (Å²) in [5, 5.41) is 15.9. The molecule has 3 aromatic carbocycles. The van der Waals surface area contributed by atoms with Crippen molar-refractivity contribution in [2.45, 2.75) is 49.5 Å². The van der Waals surface area contributed by atoms with Gasteiger partial charge in [0.15, 0.2) is 0 Å². The van der Waals surface area contributed by atoms with Crippen molar-refractivity contribution in [3.8, 4) is 11.4 Å². The fraction of sp³-hybridized carbons (Fsp3) is 0.432. The van der Waals surface area contributed by atoms with E-state index in [-0.39, 0.29) is 17.4 Å². The molecule has 262 valence electrons. The predicted molar refractivity (Wildman–Crippen MR) is 192 cm³/mol. The van der Waals surface area contributed by atoms with Gasteiger partial charge in [0.05, 0.1) is 33.9 Å². The molecule has 3 aliphatic heterocycles. The first-order valence-corrected chi connectivity index (χ1v) is 18.1. The lowest BCUT2D eigenvalue weighted by molar-refractivity contribution is 0.0774. The Kier molecular flexibility index (Phi) is 9.99. The van der Waals surface area contributed by atoms with Crippen LogP contribution in [0.1, 0.15) is 60.0 Å². The third kappa shape index (κ3) is 6.91. The number of nitrogens with zero attached hydrogens (tertiary/aromatic N) is 7. The molecule has 3 fully saturated rings. The lowest BCUT2D eigenvalue weighted by Gasteiger charge is -2.44. The molecule has 0 saturated carbocycles. The molecule has 3 saturated heterocycles. The van der Waals surface area contributed by atoms with Crippen molar-refractivity contribution in [3.63, 3.8) is 0 Å². The largest absolute Gasteiger partial charge is 0.496 e. The van der Waals surface area contributed by atoms with E-state index < -0.39 is 5.54 Å². The third-order valence-electron chi connectivity index (χ3n) is 10.9. The minimum absolute atomic E-state index is 0.0363. The summed E-state index contributed by atoms with van der Waals surface area (Å²) < 4.78 is 7.13. The molecule has 0 bridgehead atoms. The minimum Gasteiger partial charge on any atom is -0.496 e. The number of carbonyl (C=O) groups is 2. The number of amides is 3. The number of carbonyl (C=O) groups excluding carboxylic acids is 2. The molecule has 0 radical (unpaired) electrons. The van der Waals surface area contributed by atoms with E-state index in [4.69, 9.17) is 27.9 Å². The Labute approximate surface area is 302 Å². The molecule has 1 aromatic heterocycles. The van der Waals surface area contributed by atoms with Gasteiger partial charge < -0.3 is 24.8 Å². The monoisotopic (exact) mass is 716 g/mol. The average molecular weight is 718 g/mol. The van der Waals surface area contributed by atoms with Crippen LogP contribution in [-0.4, -0.2) is 99.8 Å². The van der Waals surface area contributed by atoms with Gasteiger partial charge >= 0.3 is 6.03 Å². The fourth-order valence-electron chi connectivity index (χ4n) is 7.89. The number of urea groups is 1. The second kappa shape index (κ2) is 14.6. The molecule has 3 aliphatic rings. The van der Waals surface area contributed by atoms with E-state index in [0.29, 0.717) is 40.1 Å². The maximum absolute atomic E-state index is 14.2. The first-order valence-electron chi connectivity index (χ1n) is 17.3. The van der Waals surface area contributed by atoms with Gasteiger partial charge in [0, 0.05) is 44.7 Å². The molecule has 7 rings (SSSR count). The molecule has 1 atom stereocenters. The van der Waals surface area contributed by atoms with Crippen LogP contribution < -0.4 is 10.1 Å². The zero-order valence-electron chi connectivity index (χ0n) is 28.2. The number of likely N-dealkylation sites (tertiary alicyclic amines) is 3. The Balaban J connectivity index is 1.09. The number of hydrogen-bond donors (Lipinski definition) is 1. The van der Waals surface area contributed by atoms with Gasteiger partial charge in [0.1, 0.15) is 12.1 Å². The standard InChI is InChI=1S/C37H42Cl2N8O3/c1-50-33-12-10-29(47-26-40-42-43-47)24-30(33)34(48)46-22-14-36(25-46,28-9-11-31(38)32(39)23-28)13-19-44-20-15-37(16-21-44,27-7-3-2-4-8-27)41-35(49)45-17-5-6-18-45/h2-4,7-12,23-24,26H,5-6,13-22,25H2,1H3,(H,41,49). The Morgan fingerprint density at radius 2 is 1.64 bits per heavy atom. The molecule has 4 aromatic rings. The van der Waals surface area contributed by atoms with Crippen molar-refractivity contribution in [1.29, 1.82) is 0 Å². The van der Waals surface area contributed by atoms with E-state index in [1.165, 1.54) is 11.0 Å². The van der Waals surface area contributed by atoms with Crippen molar-refractivity contribution in [2.75, 3.05) is 52.9 Å².